The number of benzene rings is 1. The molecule has 1 aliphatic rings. The van der Waals surface area contributed by atoms with Gasteiger partial charge in [-0.25, -0.2) is 0 Å². The van der Waals surface area contributed by atoms with Gasteiger partial charge in [-0.3, -0.25) is 0 Å². The lowest BCUT2D eigenvalue weighted by Gasteiger charge is -2.22. The molecule has 0 aromatic heterocycles. The molecule has 3 N–H and O–H groups in total. The number of hydrogen-bond acceptors (Lipinski definition) is 2. The fraction of sp³-hybridized carbons (Fsp3) is 0.533. The van der Waals surface area contributed by atoms with Crippen LogP contribution in [-0.2, 0) is 0 Å². The maximum atomic E-state index is 8.19. The Bertz CT molecular complexity index is 334. The van der Waals surface area contributed by atoms with Gasteiger partial charge in [-0.1, -0.05) is 49.1 Å². The van der Waals surface area contributed by atoms with Crippen LogP contribution in [0.1, 0.15) is 43.2 Å². The molecule has 0 amide bonds. The van der Waals surface area contributed by atoms with E-state index in [1.165, 1.54) is 44.7 Å². The minimum absolute atomic E-state index is 0.515. The predicted molar refractivity (Wildman–Crippen MR) is 74.7 cm³/mol. The molecule has 0 aliphatic heterocycles. The topological polar surface area (TPSA) is 49.9 Å². The number of nitrogens with two attached hydrogens (primary N) is 1. The molecular weight excluding hydrogens is 208 g/mol. The van der Waals surface area contributed by atoms with E-state index in [-0.39, 0.29) is 0 Å². The van der Waals surface area contributed by atoms with Crippen molar-refractivity contribution in [2.24, 2.45) is 11.7 Å². The van der Waals surface area contributed by atoms with Crippen molar-refractivity contribution in [1.29, 1.82) is 5.41 Å². The highest BCUT2D eigenvalue weighted by atomic mass is 14.5. The summed E-state index contributed by atoms with van der Waals surface area (Å²) in [6.07, 6.45) is 6.40. The molecular formula is C15H24N2. The molecule has 2 rings (SSSR count). The first-order valence-electron chi connectivity index (χ1n) is 6.50. The molecule has 0 saturated heterocycles. The van der Waals surface area contributed by atoms with E-state index in [1.54, 1.807) is 0 Å². The van der Waals surface area contributed by atoms with E-state index in [4.69, 9.17) is 5.41 Å². The van der Waals surface area contributed by atoms with Gasteiger partial charge in [-0.05, 0) is 32.4 Å². The van der Waals surface area contributed by atoms with Gasteiger partial charge in [-0.2, -0.15) is 0 Å². The first-order chi connectivity index (χ1) is 8.27. The number of rotatable bonds is 2. The molecule has 0 radical (unpaired) electrons. The molecule has 0 spiro atoms. The summed E-state index contributed by atoms with van der Waals surface area (Å²) < 4.78 is 0. The standard InChI is InChI=1S/C14H19N.CH5N/c1-11-7-9-13(10-8-11)14(15)12-5-3-2-4-6-12;1-2/h7-10,12,15H,2-6H2,1H3;2H2,1H3. The van der Waals surface area contributed by atoms with Crippen LogP contribution < -0.4 is 5.73 Å². The van der Waals surface area contributed by atoms with Crippen LogP contribution in [0.25, 0.3) is 0 Å². The summed E-state index contributed by atoms with van der Waals surface area (Å²) in [7, 11) is 1.50. The van der Waals surface area contributed by atoms with Crippen molar-refractivity contribution >= 4 is 5.71 Å². The largest absolute Gasteiger partial charge is 0.333 e. The zero-order valence-corrected chi connectivity index (χ0v) is 11.0. The van der Waals surface area contributed by atoms with Crippen molar-refractivity contribution in [1.82, 2.24) is 0 Å². The lowest BCUT2D eigenvalue weighted by Crippen LogP contribution is -2.17. The van der Waals surface area contributed by atoms with Gasteiger partial charge in [-0.15, -0.1) is 0 Å². The molecule has 2 nitrogen and oxygen atoms in total. The Labute approximate surface area is 105 Å². The average Bonchev–Trinajstić information content (AvgIpc) is 2.42. The van der Waals surface area contributed by atoms with E-state index in [9.17, 15) is 0 Å². The first kappa shape index (κ1) is 13.9. The molecule has 0 unspecified atom stereocenters. The van der Waals surface area contributed by atoms with Crippen LogP contribution >= 0.6 is 0 Å². The van der Waals surface area contributed by atoms with Gasteiger partial charge >= 0.3 is 0 Å². The lowest BCUT2D eigenvalue weighted by atomic mass is 9.83. The monoisotopic (exact) mass is 232 g/mol. The Kier molecular flexibility index (Phi) is 5.92. The molecule has 0 heterocycles. The third-order valence-electron chi connectivity index (χ3n) is 3.38. The second-order valence-corrected chi connectivity index (χ2v) is 4.61. The fourth-order valence-corrected chi connectivity index (χ4v) is 2.36. The summed E-state index contributed by atoms with van der Waals surface area (Å²) in [5.74, 6) is 0.515. The highest BCUT2D eigenvalue weighted by molar-refractivity contribution is 5.99. The molecule has 1 aromatic rings. The van der Waals surface area contributed by atoms with Crippen LogP contribution in [0, 0.1) is 18.3 Å². The zero-order valence-electron chi connectivity index (χ0n) is 11.0. The Morgan fingerprint density at radius 3 is 2.12 bits per heavy atom. The molecule has 2 heteroatoms. The summed E-state index contributed by atoms with van der Waals surface area (Å²) in [4.78, 5) is 0. The molecule has 94 valence electrons. The number of hydrogen-bond donors (Lipinski definition) is 2. The smallest absolute Gasteiger partial charge is 0.0417 e. The Balaban J connectivity index is 0.000000686. The van der Waals surface area contributed by atoms with E-state index in [0.717, 1.165) is 11.3 Å². The third-order valence-corrected chi connectivity index (χ3v) is 3.38. The van der Waals surface area contributed by atoms with Crippen LogP contribution in [0.5, 0.6) is 0 Å². The second kappa shape index (κ2) is 7.23. The van der Waals surface area contributed by atoms with Crippen molar-refractivity contribution in [2.45, 2.75) is 39.0 Å². The van der Waals surface area contributed by atoms with Crippen molar-refractivity contribution in [3.05, 3.63) is 35.4 Å². The van der Waals surface area contributed by atoms with Crippen molar-refractivity contribution in [2.75, 3.05) is 7.05 Å². The van der Waals surface area contributed by atoms with Gasteiger partial charge in [0.25, 0.3) is 0 Å². The molecule has 17 heavy (non-hydrogen) atoms. The number of aryl methyl sites for hydroxylation is 1. The minimum Gasteiger partial charge on any atom is -0.333 e. The summed E-state index contributed by atoms with van der Waals surface area (Å²) in [5.41, 5.74) is 7.75. The van der Waals surface area contributed by atoms with Crippen molar-refractivity contribution < 1.29 is 0 Å². The van der Waals surface area contributed by atoms with E-state index in [2.05, 4.69) is 36.9 Å². The van der Waals surface area contributed by atoms with E-state index in [0.29, 0.717) is 5.92 Å². The van der Waals surface area contributed by atoms with Crippen LogP contribution in [0.2, 0.25) is 0 Å². The predicted octanol–water partition coefficient (Wildman–Crippen LogP) is 3.52. The summed E-state index contributed by atoms with van der Waals surface area (Å²) in [6.45, 7) is 2.09. The highest BCUT2D eigenvalue weighted by Crippen LogP contribution is 2.26. The Morgan fingerprint density at radius 1 is 1.06 bits per heavy atom. The van der Waals surface area contributed by atoms with Gasteiger partial charge < -0.3 is 11.1 Å². The van der Waals surface area contributed by atoms with E-state index in [1.807, 2.05) is 0 Å². The molecule has 0 bridgehead atoms. The summed E-state index contributed by atoms with van der Waals surface area (Å²) >= 11 is 0. The normalized spacial score (nSPS) is 15.9. The third kappa shape index (κ3) is 3.97. The first-order valence-corrected chi connectivity index (χ1v) is 6.50. The van der Waals surface area contributed by atoms with Crippen molar-refractivity contribution in [3.63, 3.8) is 0 Å². The molecule has 1 aromatic carbocycles. The maximum absolute atomic E-state index is 8.19. The Hall–Kier alpha value is -1.15. The fourth-order valence-electron chi connectivity index (χ4n) is 2.36. The van der Waals surface area contributed by atoms with Gasteiger partial charge in [0.2, 0.25) is 0 Å². The Morgan fingerprint density at radius 2 is 1.59 bits per heavy atom. The van der Waals surface area contributed by atoms with Gasteiger partial charge in [0.05, 0.1) is 0 Å². The van der Waals surface area contributed by atoms with Gasteiger partial charge in [0, 0.05) is 11.6 Å². The average molecular weight is 232 g/mol. The maximum Gasteiger partial charge on any atom is 0.0417 e. The highest BCUT2D eigenvalue weighted by Gasteiger charge is 2.18. The summed E-state index contributed by atoms with van der Waals surface area (Å²) in [6, 6.07) is 8.39. The molecule has 0 atom stereocenters. The second-order valence-electron chi connectivity index (χ2n) is 4.61. The van der Waals surface area contributed by atoms with E-state index >= 15 is 0 Å². The van der Waals surface area contributed by atoms with Crippen LogP contribution in [0.15, 0.2) is 24.3 Å². The zero-order chi connectivity index (χ0) is 12.7. The minimum atomic E-state index is 0.515. The quantitative estimate of drug-likeness (QED) is 0.753. The lowest BCUT2D eigenvalue weighted by molar-refractivity contribution is 0.438. The van der Waals surface area contributed by atoms with Gasteiger partial charge in [0.15, 0.2) is 0 Å². The van der Waals surface area contributed by atoms with Gasteiger partial charge in [0.1, 0.15) is 0 Å². The molecule has 1 saturated carbocycles. The van der Waals surface area contributed by atoms with Crippen molar-refractivity contribution in [3.8, 4) is 0 Å². The number of nitrogens with one attached hydrogen (secondary N) is 1. The summed E-state index contributed by atoms with van der Waals surface area (Å²) in [5, 5.41) is 8.19. The molecule has 1 aliphatic carbocycles. The molecule has 1 fully saturated rings. The van der Waals surface area contributed by atoms with Crippen LogP contribution in [-0.4, -0.2) is 12.8 Å². The van der Waals surface area contributed by atoms with E-state index < -0.39 is 0 Å². The van der Waals surface area contributed by atoms with Crippen LogP contribution in [0.4, 0.5) is 0 Å². The SMILES string of the molecule is CN.Cc1ccc(C(=N)C2CCCCC2)cc1. The van der Waals surface area contributed by atoms with Crippen LogP contribution in [0.3, 0.4) is 0 Å².